The molecule has 224 valence electrons. The van der Waals surface area contributed by atoms with Gasteiger partial charge in [-0.05, 0) is 113 Å². The van der Waals surface area contributed by atoms with Gasteiger partial charge in [0.25, 0.3) is 0 Å². The Morgan fingerprint density at radius 3 is 1.72 bits per heavy atom. The second kappa shape index (κ2) is 12.9. The topological polar surface area (TPSA) is 63.8 Å². The van der Waals surface area contributed by atoms with Crippen molar-refractivity contribution in [2.75, 3.05) is 13.2 Å². The van der Waals surface area contributed by atoms with Gasteiger partial charge in [0.15, 0.2) is 0 Å². The summed E-state index contributed by atoms with van der Waals surface area (Å²) in [6.45, 7) is 27.3. The monoisotopic (exact) mass is 545 g/mol. The van der Waals surface area contributed by atoms with Crippen LogP contribution in [0.1, 0.15) is 112 Å². The Morgan fingerprint density at radius 2 is 1.21 bits per heavy atom. The first-order chi connectivity index (χ1) is 17.9. The Bertz CT molecular complexity index is 825. The van der Waals surface area contributed by atoms with E-state index in [2.05, 4.69) is 110 Å². The predicted molar refractivity (Wildman–Crippen MR) is 162 cm³/mol. The summed E-state index contributed by atoms with van der Waals surface area (Å²) in [5.41, 5.74) is 4.10. The lowest BCUT2D eigenvalue weighted by molar-refractivity contribution is -0.0723. The number of hydrogen-bond donors (Lipinski definition) is 3. The molecule has 2 aliphatic heterocycles. The van der Waals surface area contributed by atoms with E-state index < -0.39 is 0 Å². The number of piperidine rings is 2. The van der Waals surface area contributed by atoms with E-state index in [1.54, 1.807) is 0 Å². The minimum Gasteiger partial charge on any atom is -0.375 e. The van der Waals surface area contributed by atoms with Gasteiger partial charge in [-0.25, -0.2) is 0 Å². The quantitative estimate of drug-likeness (QED) is 0.298. The van der Waals surface area contributed by atoms with Crippen LogP contribution in [0.2, 0.25) is 0 Å². The van der Waals surface area contributed by atoms with Crippen molar-refractivity contribution in [3.8, 4) is 0 Å². The smallest absolute Gasteiger partial charge is 0.0785 e. The number of rotatable bonds is 12. The van der Waals surface area contributed by atoms with Gasteiger partial charge in [0, 0.05) is 34.7 Å². The summed E-state index contributed by atoms with van der Waals surface area (Å²) in [6, 6.07) is 7.15. The van der Waals surface area contributed by atoms with Crippen molar-refractivity contribution in [1.82, 2.24) is 16.0 Å². The van der Waals surface area contributed by atoms with Crippen LogP contribution in [0.5, 0.6) is 0 Å². The Balaban J connectivity index is 1.41. The van der Waals surface area contributed by atoms with Gasteiger partial charge in [-0.15, -0.1) is 0 Å². The third-order valence-electron chi connectivity index (χ3n) is 7.87. The van der Waals surface area contributed by atoms with Crippen LogP contribution >= 0.6 is 0 Å². The van der Waals surface area contributed by atoms with Crippen molar-refractivity contribution in [3.63, 3.8) is 0 Å². The van der Waals surface area contributed by atoms with E-state index in [1.165, 1.54) is 16.7 Å². The van der Waals surface area contributed by atoms with Crippen molar-refractivity contribution >= 4 is 0 Å². The van der Waals surface area contributed by atoms with Gasteiger partial charge in [-0.1, -0.05) is 23.8 Å². The molecule has 0 amide bonds. The van der Waals surface area contributed by atoms with Gasteiger partial charge in [0.05, 0.1) is 38.1 Å². The molecule has 0 radical (unpaired) electrons. The largest absolute Gasteiger partial charge is 0.375 e. The van der Waals surface area contributed by atoms with Gasteiger partial charge in [0.1, 0.15) is 0 Å². The number of aryl methyl sites for hydroxylation is 1. The second-order valence-corrected chi connectivity index (χ2v) is 15.2. The summed E-state index contributed by atoms with van der Waals surface area (Å²) < 4.78 is 18.8. The third-order valence-corrected chi connectivity index (χ3v) is 7.87. The molecule has 0 saturated carbocycles. The first-order valence-corrected chi connectivity index (χ1v) is 15.2. The highest BCUT2D eigenvalue weighted by Crippen LogP contribution is 2.31. The highest BCUT2D eigenvalue weighted by molar-refractivity contribution is 5.28. The van der Waals surface area contributed by atoms with Gasteiger partial charge >= 0.3 is 0 Å². The van der Waals surface area contributed by atoms with Crippen molar-refractivity contribution in [3.05, 3.63) is 34.9 Å². The molecule has 2 heterocycles. The maximum Gasteiger partial charge on any atom is 0.0785 e. The number of ether oxygens (including phenoxy) is 3. The fourth-order valence-electron chi connectivity index (χ4n) is 7.12. The zero-order valence-electron chi connectivity index (χ0n) is 26.9. The summed E-state index contributed by atoms with van der Waals surface area (Å²) in [6.07, 6.45) is 4.74. The lowest BCUT2D eigenvalue weighted by Gasteiger charge is -2.47. The number of nitrogens with one attached hydrogen (secondary N) is 3. The maximum absolute atomic E-state index is 6.31. The molecule has 2 fully saturated rings. The van der Waals surface area contributed by atoms with Crippen molar-refractivity contribution in [1.29, 1.82) is 0 Å². The van der Waals surface area contributed by atoms with Crippen LogP contribution in [0.4, 0.5) is 0 Å². The summed E-state index contributed by atoms with van der Waals surface area (Å²) >= 11 is 0. The Labute approximate surface area is 239 Å². The fourth-order valence-corrected chi connectivity index (χ4v) is 7.12. The molecule has 0 spiro atoms. The zero-order valence-corrected chi connectivity index (χ0v) is 26.9. The summed E-state index contributed by atoms with van der Waals surface area (Å²) in [4.78, 5) is 0. The average Bonchev–Trinajstić information content (AvgIpc) is 2.74. The SMILES string of the molecule is Cc1cc(COC(C)CNC2CC(C)(C)NC(C)(C)C2)cc(COC(C)COC2CC(C)(C)NC(C)(C)C2)c1. The molecule has 2 unspecified atom stereocenters. The van der Waals surface area contributed by atoms with E-state index >= 15 is 0 Å². The number of benzene rings is 1. The van der Waals surface area contributed by atoms with Crippen LogP contribution in [-0.2, 0) is 27.4 Å². The first-order valence-electron chi connectivity index (χ1n) is 15.2. The molecule has 2 atom stereocenters. The van der Waals surface area contributed by atoms with Crippen LogP contribution < -0.4 is 16.0 Å². The molecular formula is C33H59N3O3. The molecule has 1 aromatic rings. The standard InChI is InChI=1S/C33H59N3O3/c1-23-12-26(21-37-24(2)19-34-28-15-30(4,5)35-31(6,7)16-28)14-27(13-23)22-38-25(3)20-39-29-17-32(8,9)36-33(10,11)18-29/h12-14,24-25,28-29,34-36H,15-22H2,1-11H3. The highest BCUT2D eigenvalue weighted by Gasteiger charge is 2.39. The van der Waals surface area contributed by atoms with Gasteiger partial charge in [-0.2, -0.15) is 0 Å². The Morgan fingerprint density at radius 1 is 0.744 bits per heavy atom. The summed E-state index contributed by atoms with van der Waals surface area (Å²) in [7, 11) is 0. The highest BCUT2D eigenvalue weighted by atomic mass is 16.5. The molecule has 6 nitrogen and oxygen atoms in total. The predicted octanol–water partition coefficient (Wildman–Crippen LogP) is 6.03. The molecule has 0 bridgehead atoms. The van der Waals surface area contributed by atoms with Crippen LogP contribution in [0.3, 0.4) is 0 Å². The lowest BCUT2D eigenvalue weighted by atomic mass is 9.79. The molecule has 2 saturated heterocycles. The lowest BCUT2D eigenvalue weighted by Crippen LogP contribution is -2.62. The number of hydrogen-bond acceptors (Lipinski definition) is 6. The van der Waals surface area contributed by atoms with Crippen LogP contribution in [0.25, 0.3) is 0 Å². The molecule has 1 aromatic carbocycles. The second-order valence-electron chi connectivity index (χ2n) is 15.2. The van der Waals surface area contributed by atoms with Gasteiger partial charge in [-0.3, -0.25) is 0 Å². The Kier molecular flexibility index (Phi) is 10.7. The van der Waals surface area contributed by atoms with Crippen LogP contribution in [0, 0.1) is 6.92 Å². The molecule has 3 N–H and O–H groups in total. The van der Waals surface area contributed by atoms with Crippen LogP contribution in [-0.4, -0.2) is 59.7 Å². The van der Waals surface area contributed by atoms with Crippen molar-refractivity contribution in [2.45, 2.75) is 162 Å². The van der Waals surface area contributed by atoms with E-state index in [9.17, 15) is 0 Å². The van der Waals surface area contributed by atoms with Gasteiger partial charge < -0.3 is 30.2 Å². The molecule has 3 rings (SSSR count). The summed E-state index contributed by atoms with van der Waals surface area (Å²) in [5.74, 6) is 0. The van der Waals surface area contributed by atoms with Gasteiger partial charge in [0.2, 0.25) is 0 Å². The molecule has 39 heavy (non-hydrogen) atoms. The minimum absolute atomic E-state index is 0.0439. The van der Waals surface area contributed by atoms with E-state index in [-0.39, 0.29) is 40.5 Å². The van der Waals surface area contributed by atoms with E-state index in [0.717, 1.165) is 32.2 Å². The fraction of sp³-hybridized carbons (Fsp3) is 0.818. The molecule has 0 aliphatic carbocycles. The maximum atomic E-state index is 6.31. The Hall–Kier alpha value is -1.02. The van der Waals surface area contributed by atoms with E-state index in [4.69, 9.17) is 14.2 Å². The van der Waals surface area contributed by atoms with Crippen LogP contribution in [0.15, 0.2) is 18.2 Å². The summed E-state index contributed by atoms with van der Waals surface area (Å²) in [5, 5.41) is 11.3. The average molecular weight is 546 g/mol. The molecule has 6 heteroatoms. The normalized spacial score (nSPS) is 24.4. The molecular weight excluding hydrogens is 486 g/mol. The molecule has 2 aliphatic rings. The van der Waals surface area contributed by atoms with Crippen molar-refractivity contribution in [2.24, 2.45) is 0 Å². The van der Waals surface area contributed by atoms with E-state index in [0.29, 0.717) is 25.9 Å². The minimum atomic E-state index is 0.0439. The molecule has 0 aromatic heterocycles. The van der Waals surface area contributed by atoms with Crippen molar-refractivity contribution < 1.29 is 14.2 Å². The third kappa shape index (κ3) is 11.4. The van der Waals surface area contributed by atoms with E-state index in [1.807, 2.05) is 0 Å². The first kappa shape index (κ1) is 32.5. The zero-order chi connectivity index (χ0) is 29.1.